The van der Waals surface area contributed by atoms with Gasteiger partial charge in [-0.3, -0.25) is 4.98 Å². The molecule has 0 spiro atoms. The number of hydrogen-bond donors (Lipinski definition) is 3. The van der Waals surface area contributed by atoms with Crippen LogP contribution in [0, 0.1) is 0 Å². The van der Waals surface area contributed by atoms with Crippen LogP contribution in [0.1, 0.15) is 5.56 Å². The molecule has 1 aliphatic rings. The number of aromatic nitrogens is 7. The highest BCUT2D eigenvalue weighted by molar-refractivity contribution is 5.79. The van der Waals surface area contributed by atoms with E-state index in [1.54, 1.807) is 23.3 Å². The van der Waals surface area contributed by atoms with Gasteiger partial charge in [0.1, 0.15) is 5.82 Å². The average Bonchev–Trinajstić information content (AvgIpc) is 3.45. The van der Waals surface area contributed by atoms with E-state index in [-0.39, 0.29) is 6.04 Å². The van der Waals surface area contributed by atoms with Gasteiger partial charge in [-0.05, 0) is 29.8 Å². The Bertz CT molecular complexity index is 1470. The van der Waals surface area contributed by atoms with Crippen LogP contribution in [-0.2, 0) is 11.3 Å². The molecule has 0 bridgehead atoms. The Kier molecular flexibility index (Phi) is 5.17. The van der Waals surface area contributed by atoms with E-state index in [1.165, 1.54) is 0 Å². The lowest BCUT2D eigenvalue weighted by molar-refractivity contribution is 0.125. The van der Waals surface area contributed by atoms with Gasteiger partial charge in [-0.15, -0.1) is 5.10 Å². The van der Waals surface area contributed by atoms with Crippen LogP contribution in [0.4, 0.5) is 17.3 Å². The molecule has 34 heavy (non-hydrogen) atoms. The minimum atomic E-state index is -0.537. The Labute approximate surface area is 193 Å². The third-order valence-electron chi connectivity index (χ3n) is 5.65. The maximum atomic E-state index is 9.96. The first-order valence-electron chi connectivity index (χ1n) is 10.9. The third-order valence-corrected chi connectivity index (χ3v) is 5.65. The van der Waals surface area contributed by atoms with Crippen LogP contribution in [0.25, 0.3) is 22.2 Å². The number of rotatable bonds is 6. The Morgan fingerprint density at radius 2 is 2.00 bits per heavy atom. The summed E-state index contributed by atoms with van der Waals surface area (Å²) >= 11 is 0. The predicted octanol–water partition coefficient (Wildman–Crippen LogP) is 2.13. The van der Waals surface area contributed by atoms with Crippen LogP contribution in [0.5, 0.6) is 0 Å². The largest absolute Gasteiger partial charge is 0.388 e. The molecule has 170 valence electrons. The maximum absolute atomic E-state index is 9.96. The summed E-state index contributed by atoms with van der Waals surface area (Å²) in [6.45, 7) is 1.29. The van der Waals surface area contributed by atoms with Crippen molar-refractivity contribution in [2.45, 2.75) is 18.7 Å². The second-order valence-electron chi connectivity index (χ2n) is 8.09. The van der Waals surface area contributed by atoms with Crippen molar-refractivity contribution < 1.29 is 9.84 Å². The van der Waals surface area contributed by atoms with E-state index in [9.17, 15) is 5.11 Å². The van der Waals surface area contributed by atoms with Crippen LogP contribution in [0.15, 0.2) is 61.1 Å². The number of hydrogen-bond acceptors (Lipinski definition) is 10. The van der Waals surface area contributed by atoms with Crippen molar-refractivity contribution in [3.05, 3.63) is 66.6 Å². The summed E-state index contributed by atoms with van der Waals surface area (Å²) in [7, 11) is 0. The number of nitrogens with one attached hydrogen (secondary N) is 2. The van der Waals surface area contributed by atoms with Gasteiger partial charge in [0.25, 0.3) is 0 Å². The lowest BCUT2D eigenvalue weighted by atomic mass is 10.1. The Hall–Kier alpha value is -4.22. The number of nitrogens with zero attached hydrogens (tertiary/aromatic N) is 7. The molecule has 1 saturated heterocycles. The molecule has 0 radical (unpaired) electrons. The topological polar surface area (TPSA) is 136 Å². The van der Waals surface area contributed by atoms with Gasteiger partial charge < -0.3 is 20.5 Å². The SMILES string of the molecule is OC1COCC1Nc1ccnc(Nc2cnc3nnn(Cc4ccc5ncccc5c4)c3n2)c1. The van der Waals surface area contributed by atoms with Crippen molar-refractivity contribution in [3.8, 4) is 0 Å². The van der Waals surface area contributed by atoms with E-state index < -0.39 is 6.10 Å². The minimum Gasteiger partial charge on any atom is -0.388 e. The first-order valence-corrected chi connectivity index (χ1v) is 10.9. The van der Waals surface area contributed by atoms with Crippen molar-refractivity contribution in [3.63, 3.8) is 0 Å². The number of benzene rings is 1. The number of aliphatic hydroxyl groups excluding tert-OH is 1. The van der Waals surface area contributed by atoms with E-state index >= 15 is 0 Å². The zero-order valence-electron chi connectivity index (χ0n) is 18.0. The molecule has 5 aromatic rings. The standard InChI is InChI=1S/C23H21N9O2/c33-19-13-34-12-18(19)27-16-5-7-25-20(9-16)28-21-10-26-22-23(29-21)32(31-30-22)11-14-3-4-17-15(8-14)2-1-6-24-17/h1-10,18-19,33H,11-13H2,(H2,25,27,28,29). The third kappa shape index (κ3) is 4.09. The summed E-state index contributed by atoms with van der Waals surface area (Å²) in [5, 5.41) is 25.9. The van der Waals surface area contributed by atoms with E-state index in [1.807, 2.05) is 36.4 Å². The monoisotopic (exact) mass is 455 g/mol. The molecule has 11 heteroatoms. The van der Waals surface area contributed by atoms with Gasteiger partial charge in [-0.25, -0.2) is 19.6 Å². The van der Waals surface area contributed by atoms with Crippen LogP contribution in [0.2, 0.25) is 0 Å². The van der Waals surface area contributed by atoms with Crippen LogP contribution < -0.4 is 10.6 Å². The van der Waals surface area contributed by atoms with E-state index in [4.69, 9.17) is 4.74 Å². The zero-order valence-corrected chi connectivity index (χ0v) is 18.0. The first-order chi connectivity index (χ1) is 16.7. The van der Waals surface area contributed by atoms with Gasteiger partial charge in [-0.2, -0.15) is 0 Å². The lowest BCUT2D eigenvalue weighted by Crippen LogP contribution is -2.31. The Morgan fingerprint density at radius 1 is 1.03 bits per heavy atom. The average molecular weight is 455 g/mol. The molecule has 1 fully saturated rings. The van der Waals surface area contributed by atoms with Gasteiger partial charge in [0, 0.05) is 29.5 Å². The summed E-state index contributed by atoms with van der Waals surface area (Å²) in [4.78, 5) is 17.8. The minimum absolute atomic E-state index is 0.155. The fourth-order valence-electron chi connectivity index (χ4n) is 3.93. The molecule has 3 N–H and O–H groups in total. The second kappa shape index (κ2) is 8.61. The first kappa shape index (κ1) is 20.4. The molecule has 1 aliphatic heterocycles. The maximum Gasteiger partial charge on any atom is 0.221 e. The van der Waals surface area contributed by atoms with E-state index in [0.717, 1.165) is 22.2 Å². The molecule has 1 aromatic carbocycles. The smallest absolute Gasteiger partial charge is 0.221 e. The van der Waals surface area contributed by atoms with Crippen LogP contribution in [-0.4, -0.2) is 65.4 Å². The molecule has 0 amide bonds. The quantitative estimate of drug-likeness (QED) is 0.349. The summed E-state index contributed by atoms with van der Waals surface area (Å²) < 4.78 is 7.02. The summed E-state index contributed by atoms with van der Waals surface area (Å²) in [5.41, 5.74) is 3.85. The summed E-state index contributed by atoms with van der Waals surface area (Å²) in [6.07, 6.45) is 4.52. The molecule has 11 nitrogen and oxygen atoms in total. The molecule has 6 rings (SSSR count). The highest BCUT2D eigenvalue weighted by Crippen LogP contribution is 2.20. The number of anilines is 3. The predicted molar refractivity (Wildman–Crippen MR) is 126 cm³/mol. The molecule has 4 aromatic heterocycles. The lowest BCUT2D eigenvalue weighted by Gasteiger charge is -2.16. The van der Waals surface area contributed by atoms with Crippen molar-refractivity contribution in [1.29, 1.82) is 0 Å². The van der Waals surface area contributed by atoms with Crippen LogP contribution >= 0.6 is 0 Å². The van der Waals surface area contributed by atoms with Crippen molar-refractivity contribution in [2.75, 3.05) is 23.8 Å². The van der Waals surface area contributed by atoms with Gasteiger partial charge in [0.2, 0.25) is 5.65 Å². The Morgan fingerprint density at radius 3 is 2.91 bits per heavy atom. The molecule has 2 unspecified atom stereocenters. The second-order valence-corrected chi connectivity index (χ2v) is 8.09. The van der Waals surface area contributed by atoms with Gasteiger partial charge in [-0.1, -0.05) is 17.3 Å². The number of fused-ring (bicyclic) bond motifs is 2. The highest BCUT2D eigenvalue weighted by atomic mass is 16.5. The molecule has 0 aliphatic carbocycles. The number of ether oxygens (including phenoxy) is 1. The summed E-state index contributed by atoms with van der Waals surface area (Å²) in [5.74, 6) is 1.11. The molecule has 0 saturated carbocycles. The fourth-order valence-corrected chi connectivity index (χ4v) is 3.93. The van der Waals surface area contributed by atoms with Crippen molar-refractivity contribution in [2.24, 2.45) is 0 Å². The van der Waals surface area contributed by atoms with Crippen molar-refractivity contribution >= 4 is 39.5 Å². The number of pyridine rings is 2. The molecular formula is C23H21N9O2. The van der Waals surface area contributed by atoms with Gasteiger partial charge >= 0.3 is 0 Å². The normalized spacial score (nSPS) is 17.9. The molecule has 2 atom stereocenters. The zero-order chi connectivity index (χ0) is 22.9. The molecule has 5 heterocycles. The van der Waals surface area contributed by atoms with Gasteiger partial charge in [0.15, 0.2) is 11.5 Å². The van der Waals surface area contributed by atoms with Crippen LogP contribution in [0.3, 0.4) is 0 Å². The molecular weight excluding hydrogens is 434 g/mol. The van der Waals surface area contributed by atoms with Crippen molar-refractivity contribution in [1.82, 2.24) is 34.9 Å². The number of aliphatic hydroxyl groups is 1. The summed E-state index contributed by atoms with van der Waals surface area (Å²) in [6, 6.07) is 13.6. The van der Waals surface area contributed by atoms with E-state index in [2.05, 4.69) is 46.9 Å². The highest BCUT2D eigenvalue weighted by Gasteiger charge is 2.25. The Balaban J connectivity index is 1.23. The fraction of sp³-hybridized carbons (Fsp3) is 0.217. The van der Waals surface area contributed by atoms with E-state index in [0.29, 0.717) is 42.7 Å². The van der Waals surface area contributed by atoms with Gasteiger partial charge in [0.05, 0.1) is 43.6 Å².